The number of aryl methyl sites for hydroxylation is 1. The molecular weight excluding hydrogens is 269 g/mol. The number of benzene rings is 1. The Morgan fingerprint density at radius 3 is 2.65 bits per heavy atom. The number of rotatable bonds is 5. The second kappa shape index (κ2) is 6.04. The molecule has 1 aromatic carbocycles. The summed E-state index contributed by atoms with van der Waals surface area (Å²) in [6.07, 6.45) is -2.15. The summed E-state index contributed by atoms with van der Waals surface area (Å²) in [5.41, 5.74) is -0.350. The topological polar surface area (TPSA) is 42.7 Å². The van der Waals surface area contributed by atoms with Gasteiger partial charge in [-0.2, -0.15) is 18.3 Å². The quantitative estimate of drug-likeness (QED) is 0.856. The standard InChI is InChI=1S/C13H15F3N4/c1-20-9-18-12(19-20)6-7-17-8-10-4-2-3-5-11(10)13(14,15)16/h2-5,9,17H,6-8H2,1H3. The van der Waals surface area contributed by atoms with Crippen LogP contribution in [0.25, 0.3) is 0 Å². The fraction of sp³-hybridized carbons (Fsp3) is 0.385. The summed E-state index contributed by atoms with van der Waals surface area (Å²) in [5.74, 6) is 0.670. The fourth-order valence-electron chi connectivity index (χ4n) is 1.87. The molecule has 20 heavy (non-hydrogen) atoms. The number of nitrogens with zero attached hydrogens (tertiary/aromatic N) is 3. The number of hydrogen-bond donors (Lipinski definition) is 1. The lowest BCUT2D eigenvalue weighted by molar-refractivity contribution is -0.138. The van der Waals surface area contributed by atoms with Gasteiger partial charge in [0.2, 0.25) is 0 Å². The number of aromatic nitrogens is 3. The molecule has 7 heteroatoms. The first-order chi connectivity index (χ1) is 9.47. The highest BCUT2D eigenvalue weighted by molar-refractivity contribution is 5.29. The van der Waals surface area contributed by atoms with Gasteiger partial charge in [-0.1, -0.05) is 18.2 Å². The Kier molecular flexibility index (Phi) is 4.39. The summed E-state index contributed by atoms with van der Waals surface area (Å²) in [7, 11) is 1.77. The van der Waals surface area contributed by atoms with Crippen LogP contribution in [-0.4, -0.2) is 21.3 Å². The second-order valence-electron chi connectivity index (χ2n) is 4.42. The molecule has 1 heterocycles. The van der Waals surface area contributed by atoms with E-state index >= 15 is 0 Å². The zero-order valence-electron chi connectivity index (χ0n) is 11.0. The second-order valence-corrected chi connectivity index (χ2v) is 4.42. The van der Waals surface area contributed by atoms with Crippen LogP contribution in [0.5, 0.6) is 0 Å². The Bertz CT molecular complexity index is 563. The van der Waals surface area contributed by atoms with Gasteiger partial charge in [-0.25, -0.2) is 4.98 Å². The van der Waals surface area contributed by atoms with Crippen molar-refractivity contribution >= 4 is 0 Å². The minimum Gasteiger partial charge on any atom is -0.312 e. The molecule has 0 radical (unpaired) electrons. The summed E-state index contributed by atoms with van der Waals surface area (Å²) in [5, 5.41) is 7.08. The Hall–Kier alpha value is -1.89. The van der Waals surface area contributed by atoms with Crippen LogP contribution >= 0.6 is 0 Å². The van der Waals surface area contributed by atoms with E-state index in [-0.39, 0.29) is 12.1 Å². The van der Waals surface area contributed by atoms with Gasteiger partial charge < -0.3 is 5.32 Å². The van der Waals surface area contributed by atoms with Crippen molar-refractivity contribution in [3.05, 3.63) is 47.5 Å². The van der Waals surface area contributed by atoms with Crippen molar-refractivity contribution in [3.63, 3.8) is 0 Å². The van der Waals surface area contributed by atoms with Gasteiger partial charge in [-0.15, -0.1) is 0 Å². The van der Waals surface area contributed by atoms with E-state index in [1.165, 1.54) is 12.1 Å². The largest absolute Gasteiger partial charge is 0.416 e. The van der Waals surface area contributed by atoms with E-state index in [1.807, 2.05) is 0 Å². The third-order valence-electron chi connectivity index (χ3n) is 2.81. The molecule has 2 aromatic rings. The number of halogens is 3. The number of nitrogens with one attached hydrogen (secondary N) is 1. The van der Waals surface area contributed by atoms with Crippen molar-refractivity contribution in [1.82, 2.24) is 20.1 Å². The van der Waals surface area contributed by atoms with E-state index in [0.29, 0.717) is 18.8 Å². The van der Waals surface area contributed by atoms with Crippen LogP contribution in [0.4, 0.5) is 13.2 Å². The fourth-order valence-corrected chi connectivity index (χ4v) is 1.87. The monoisotopic (exact) mass is 284 g/mol. The molecule has 0 aliphatic heterocycles. The van der Waals surface area contributed by atoms with Crippen LogP contribution in [0, 0.1) is 0 Å². The predicted octanol–water partition coefficient (Wildman–Crippen LogP) is 2.17. The minimum atomic E-state index is -4.32. The third kappa shape index (κ3) is 3.80. The predicted molar refractivity (Wildman–Crippen MR) is 67.9 cm³/mol. The molecular formula is C13H15F3N4. The first kappa shape index (κ1) is 14.5. The van der Waals surface area contributed by atoms with Crippen LogP contribution in [-0.2, 0) is 26.2 Å². The highest BCUT2D eigenvalue weighted by atomic mass is 19.4. The van der Waals surface area contributed by atoms with Crippen molar-refractivity contribution in [2.24, 2.45) is 7.05 Å². The molecule has 0 aliphatic rings. The third-order valence-corrected chi connectivity index (χ3v) is 2.81. The van der Waals surface area contributed by atoms with Crippen LogP contribution in [0.2, 0.25) is 0 Å². The average Bonchev–Trinajstić information content (AvgIpc) is 2.80. The first-order valence-corrected chi connectivity index (χ1v) is 6.17. The van der Waals surface area contributed by atoms with Gasteiger partial charge in [0, 0.05) is 26.6 Å². The van der Waals surface area contributed by atoms with Gasteiger partial charge in [-0.3, -0.25) is 4.68 Å². The average molecular weight is 284 g/mol. The molecule has 2 rings (SSSR count). The molecule has 108 valence electrons. The Labute approximate surface area is 114 Å². The summed E-state index contributed by atoms with van der Waals surface area (Å²) < 4.78 is 39.9. The van der Waals surface area contributed by atoms with E-state index in [1.54, 1.807) is 24.1 Å². The zero-order valence-corrected chi connectivity index (χ0v) is 11.0. The SMILES string of the molecule is Cn1cnc(CCNCc2ccccc2C(F)(F)F)n1. The molecule has 0 fully saturated rings. The van der Waals surface area contributed by atoms with E-state index < -0.39 is 11.7 Å². The van der Waals surface area contributed by atoms with Gasteiger partial charge in [0.1, 0.15) is 6.33 Å². The van der Waals surface area contributed by atoms with E-state index in [9.17, 15) is 13.2 Å². The van der Waals surface area contributed by atoms with Crippen molar-refractivity contribution in [2.75, 3.05) is 6.54 Å². The van der Waals surface area contributed by atoms with Gasteiger partial charge in [0.05, 0.1) is 5.56 Å². The normalized spacial score (nSPS) is 11.8. The molecule has 4 nitrogen and oxygen atoms in total. The highest BCUT2D eigenvalue weighted by Gasteiger charge is 2.32. The lowest BCUT2D eigenvalue weighted by Gasteiger charge is -2.12. The van der Waals surface area contributed by atoms with Crippen molar-refractivity contribution in [1.29, 1.82) is 0 Å². The molecule has 0 atom stereocenters. The lowest BCUT2D eigenvalue weighted by atomic mass is 10.1. The van der Waals surface area contributed by atoms with Crippen LogP contribution < -0.4 is 5.32 Å². The number of alkyl halides is 3. The molecule has 0 bridgehead atoms. The summed E-state index contributed by atoms with van der Waals surface area (Å²) in [6, 6.07) is 5.57. The molecule has 1 N–H and O–H groups in total. The van der Waals surface area contributed by atoms with Crippen LogP contribution in [0.3, 0.4) is 0 Å². The Morgan fingerprint density at radius 1 is 1.25 bits per heavy atom. The maximum absolute atomic E-state index is 12.8. The molecule has 0 saturated heterocycles. The number of hydrogen-bond acceptors (Lipinski definition) is 3. The van der Waals surface area contributed by atoms with Crippen molar-refractivity contribution in [3.8, 4) is 0 Å². The maximum Gasteiger partial charge on any atom is 0.416 e. The van der Waals surface area contributed by atoms with Gasteiger partial charge >= 0.3 is 6.18 Å². The summed E-state index contributed by atoms with van der Waals surface area (Å²) >= 11 is 0. The van der Waals surface area contributed by atoms with Crippen molar-refractivity contribution in [2.45, 2.75) is 19.1 Å². The Balaban J connectivity index is 1.88. The summed E-state index contributed by atoms with van der Waals surface area (Å²) in [4.78, 5) is 4.05. The summed E-state index contributed by atoms with van der Waals surface area (Å²) in [6.45, 7) is 0.693. The molecule has 0 spiro atoms. The van der Waals surface area contributed by atoms with E-state index in [0.717, 1.165) is 6.07 Å². The maximum atomic E-state index is 12.8. The minimum absolute atomic E-state index is 0.169. The van der Waals surface area contributed by atoms with Crippen LogP contribution in [0.15, 0.2) is 30.6 Å². The molecule has 1 aromatic heterocycles. The van der Waals surface area contributed by atoms with E-state index in [4.69, 9.17) is 0 Å². The molecule has 0 amide bonds. The van der Waals surface area contributed by atoms with Crippen LogP contribution in [0.1, 0.15) is 17.0 Å². The molecule has 0 unspecified atom stereocenters. The lowest BCUT2D eigenvalue weighted by Crippen LogP contribution is -2.20. The highest BCUT2D eigenvalue weighted by Crippen LogP contribution is 2.31. The van der Waals surface area contributed by atoms with E-state index in [2.05, 4.69) is 15.4 Å². The van der Waals surface area contributed by atoms with Crippen molar-refractivity contribution < 1.29 is 13.2 Å². The molecule has 0 saturated carbocycles. The van der Waals surface area contributed by atoms with Gasteiger partial charge in [-0.05, 0) is 11.6 Å². The molecule has 0 aliphatic carbocycles. The van der Waals surface area contributed by atoms with Gasteiger partial charge in [0.25, 0.3) is 0 Å². The Morgan fingerprint density at radius 2 is 2.00 bits per heavy atom. The zero-order chi connectivity index (χ0) is 14.6. The first-order valence-electron chi connectivity index (χ1n) is 6.17. The smallest absolute Gasteiger partial charge is 0.312 e. The van der Waals surface area contributed by atoms with Gasteiger partial charge in [0.15, 0.2) is 5.82 Å².